The van der Waals surface area contributed by atoms with Gasteiger partial charge in [-0.15, -0.1) is 0 Å². The highest BCUT2D eigenvalue weighted by Crippen LogP contribution is 2.09. The van der Waals surface area contributed by atoms with Gasteiger partial charge in [-0.3, -0.25) is 14.4 Å². The van der Waals surface area contributed by atoms with E-state index in [1.54, 1.807) is 0 Å². The number of hydrogen-bond acceptors (Lipinski definition) is 3. The molecule has 0 fully saturated rings. The summed E-state index contributed by atoms with van der Waals surface area (Å²) in [6, 6.07) is 5.54. The number of carbonyl (C=O) groups is 3. The maximum atomic E-state index is 12.9. The number of carboxylic acid groups (broad SMARTS) is 1. The normalized spacial score (nSPS) is 10.2. The average Bonchev–Trinajstić information content (AvgIpc) is 2.53. The highest BCUT2D eigenvalue weighted by atomic mass is 19.1. The summed E-state index contributed by atoms with van der Waals surface area (Å²) in [5.41, 5.74) is 0.645. The lowest BCUT2D eigenvalue weighted by Crippen LogP contribution is -2.35. The van der Waals surface area contributed by atoms with Crippen LogP contribution in [-0.2, 0) is 20.9 Å². The smallest absolute Gasteiger partial charge is 0.323 e. The summed E-state index contributed by atoms with van der Waals surface area (Å²) in [7, 11) is 0. The maximum Gasteiger partial charge on any atom is 0.323 e. The van der Waals surface area contributed by atoms with Crippen LogP contribution in [0.5, 0.6) is 0 Å². The predicted octanol–water partition coefficient (Wildman–Crippen LogP) is 1.94. The van der Waals surface area contributed by atoms with Crippen LogP contribution in [0.25, 0.3) is 0 Å². The SMILES string of the molecule is CCCNC(=O)CCCC(=O)N(CC(=O)O)Cc1ccc(F)cc1. The minimum absolute atomic E-state index is 0.0907. The topological polar surface area (TPSA) is 86.7 Å². The van der Waals surface area contributed by atoms with Gasteiger partial charge in [-0.2, -0.15) is 0 Å². The number of carbonyl (C=O) groups excluding carboxylic acids is 2. The fraction of sp³-hybridized carbons (Fsp3) is 0.471. The van der Waals surface area contributed by atoms with Crippen LogP contribution in [0.3, 0.4) is 0 Å². The Bertz CT molecular complexity index is 560. The summed E-state index contributed by atoms with van der Waals surface area (Å²) in [6.45, 7) is 2.21. The molecular weight excluding hydrogens is 315 g/mol. The Morgan fingerprint density at radius 3 is 2.42 bits per heavy atom. The molecule has 0 aliphatic carbocycles. The molecule has 2 amide bonds. The lowest BCUT2D eigenvalue weighted by atomic mass is 10.1. The first-order valence-corrected chi connectivity index (χ1v) is 7.93. The first-order valence-electron chi connectivity index (χ1n) is 7.93. The van der Waals surface area contributed by atoms with Crippen molar-refractivity contribution in [1.29, 1.82) is 0 Å². The second-order valence-corrected chi connectivity index (χ2v) is 5.47. The molecule has 0 radical (unpaired) electrons. The second kappa shape index (κ2) is 10.4. The number of benzene rings is 1. The number of carboxylic acids is 1. The van der Waals surface area contributed by atoms with E-state index in [1.165, 1.54) is 29.2 Å². The van der Waals surface area contributed by atoms with Gasteiger partial charge in [-0.25, -0.2) is 4.39 Å². The number of hydrogen-bond donors (Lipinski definition) is 2. The van der Waals surface area contributed by atoms with Gasteiger partial charge in [0, 0.05) is 25.9 Å². The van der Waals surface area contributed by atoms with E-state index < -0.39 is 18.3 Å². The number of nitrogens with one attached hydrogen (secondary N) is 1. The third-order valence-corrected chi connectivity index (χ3v) is 3.33. The standard InChI is InChI=1S/C17H23FN2O4/c1-2-10-19-15(21)4-3-5-16(22)20(12-17(23)24)11-13-6-8-14(18)9-7-13/h6-9H,2-5,10-12H2,1H3,(H,19,21)(H,23,24). The zero-order chi connectivity index (χ0) is 17.9. The number of nitrogens with zero attached hydrogens (tertiary/aromatic N) is 1. The third-order valence-electron chi connectivity index (χ3n) is 3.33. The van der Waals surface area contributed by atoms with Crippen molar-refractivity contribution in [2.45, 2.75) is 39.2 Å². The summed E-state index contributed by atoms with van der Waals surface area (Å²) in [5.74, 6) is -1.97. The van der Waals surface area contributed by atoms with E-state index in [4.69, 9.17) is 5.11 Å². The zero-order valence-corrected chi connectivity index (χ0v) is 13.8. The Balaban J connectivity index is 2.53. The van der Waals surface area contributed by atoms with Gasteiger partial charge in [0.15, 0.2) is 0 Å². The van der Waals surface area contributed by atoms with E-state index in [0.29, 0.717) is 18.5 Å². The molecule has 0 aliphatic rings. The summed E-state index contributed by atoms with van der Waals surface area (Å²) < 4.78 is 12.9. The fourth-order valence-electron chi connectivity index (χ4n) is 2.12. The van der Waals surface area contributed by atoms with Crippen LogP contribution >= 0.6 is 0 Å². The molecule has 2 N–H and O–H groups in total. The molecule has 0 unspecified atom stereocenters. The predicted molar refractivity (Wildman–Crippen MR) is 86.6 cm³/mol. The Kier molecular flexibility index (Phi) is 8.46. The van der Waals surface area contributed by atoms with E-state index in [0.717, 1.165) is 6.42 Å². The average molecular weight is 338 g/mol. The van der Waals surface area contributed by atoms with Crippen molar-refractivity contribution in [3.63, 3.8) is 0 Å². The molecule has 0 spiro atoms. The molecule has 0 saturated heterocycles. The monoisotopic (exact) mass is 338 g/mol. The van der Waals surface area contributed by atoms with Crippen LogP contribution in [0.15, 0.2) is 24.3 Å². The van der Waals surface area contributed by atoms with Crippen molar-refractivity contribution < 1.29 is 23.9 Å². The van der Waals surface area contributed by atoms with Gasteiger partial charge < -0.3 is 15.3 Å². The molecule has 24 heavy (non-hydrogen) atoms. The Morgan fingerprint density at radius 1 is 1.17 bits per heavy atom. The molecule has 0 heterocycles. The Labute approximate surface area is 140 Å². The van der Waals surface area contributed by atoms with E-state index in [1.807, 2.05) is 6.92 Å². The van der Waals surface area contributed by atoms with Crippen LogP contribution in [-0.4, -0.2) is 40.9 Å². The van der Waals surface area contributed by atoms with Gasteiger partial charge in [0.2, 0.25) is 11.8 Å². The van der Waals surface area contributed by atoms with E-state index in [2.05, 4.69) is 5.32 Å². The number of aliphatic carboxylic acids is 1. The van der Waals surface area contributed by atoms with Gasteiger partial charge in [0.05, 0.1) is 0 Å². The van der Waals surface area contributed by atoms with Crippen molar-refractivity contribution in [1.82, 2.24) is 10.2 Å². The largest absolute Gasteiger partial charge is 0.480 e. The summed E-state index contributed by atoms with van der Waals surface area (Å²) in [6.07, 6.45) is 1.51. The lowest BCUT2D eigenvalue weighted by molar-refractivity contribution is -0.145. The van der Waals surface area contributed by atoms with Crippen LogP contribution in [0.2, 0.25) is 0 Å². The lowest BCUT2D eigenvalue weighted by Gasteiger charge is -2.21. The van der Waals surface area contributed by atoms with Gasteiger partial charge in [-0.1, -0.05) is 19.1 Å². The van der Waals surface area contributed by atoms with E-state index in [9.17, 15) is 18.8 Å². The van der Waals surface area contributed by atoms with E-state index >= 15 is 0 Å². The summed E-state index contributed by atoms with van der Waals surface area (Å²) in [5, 5.41) is 11.7. The third kappa shape index (κ3) is 7.71. The molecule has 0 bridgehead atoms. The zero-order valence-electron chi connectivity index (χ0n) is 13.8. The molecule has 7 heteroatoms. The van der Waals surface area contributed by atoms with Gasteiger partial charge >= 0.3 is 5.97 Å². The highest BCUT2D eigenvalue weighted by Gasteiger charge is 2.17. The van der Waals surface area contributed by atoms with Gasteiger partial charge in [-0.05, 0) is 30.5 Å². The highest BCUT2D eigenvalue weighted by molar-refractivity contribution is 5.82. The number of halogens is 1. The van der Waals surface area contributed by atoms with Crippen molar-refractivity contribution in [3.05, 3.63) is 35.6 Å². The van der Waals surface area contributed by atoms with Gasteiger partial charge in [0.1, 0.15) is 12.4 Å². The van der Waals surface area contributed by atoms with Crippen LogP contribution < -0.4 is 5.32 Å². The molecule has 0 aromatic heterocycles. The summed E-state index contributed by atoms with van der Waals surface area (Å²) >= 11 is 0. The van der Waals surface area contributed by atoms with Crippen LogP contribution in [0.4, 0.5) is 4.39 Å². The maximum absolute atomic E-state index is 12.9. The molecule has 1 aromatic carbocycles. The molecule has 1 rings (SSSR count). The Hall–Kier alpha value is -2.44. The Morgan fingerprint density at radius 2 is 1.83 bits per heavy atom. The first kappa shape index (κ1) is 19.6. The minimum Gasteiger partial charge on any atom is -0.480 e. The molecular formula is C17H23FN2O4. The summed E-state index contributed by atoms with van der Waals surface area (Å²) in [4.78, 5) is 35.8. The first-order chi connectivity index (χ1) is 11.4. The number of rotatable bonds is 10. The fourth-order valence-corrected chi connectivity index (χ4v) is 2.12. The molecule has 6 nitrogen and oxygen atoms in total. The minimum atomic E-state index is -1.12. The molecule has 1 aromatic rings. The van der Waals surface area contributed by atoms with Crippen molar-refractivity contribution in [3.8, 4) is 0 Å². The quantitative estimate of drug-likeness (QED) is 0.682. The number of amides is 2. The molecule has 0 atom stereocenters. The van der Waals surface area contributed by atoms with Crippen molar-refractivity contribution >= 4 is 17.8 Å². The van der Waals surface area contributed by atoms with E-state index in [-0.39, 0.29) is 31.2 Å². The molecule has 0 saturated carbocycles. The molecule has 0 aliphatic heterocycles. The van der Waals surface area contributed by atoms with Crippen LogP contribution in [0, 0.1) is 5.82 Å². The van der Waals surface area contributed by atoms with Crippen LogP contribution in [0.1, 0.15) is 38.2 Å². The molecule has 132 valence electrons. The van der Waals surface area contributed by atoms with Crippen molar-refractivity contribution in [2.75, 3.05) is 13.1 Å². The second-order valence-electron chi connectivity index (χ2n) is 5.47. The van der Waals surface area contributed by atoms with Crippen molar-refractivity contribution in [2.24, 2.45) is 0 Å². The van der Waals surface area contributed by atoms with Gasteiger partial charge in [0.25, 0.3) is 0 Å².